The fourth-order valence-corrected chi connectivity index (χ4v) is 2.31. The number of rotatable bonds is 4. The minimum atomic E-state index is -0.677. The van der Waals surface area contributed by atoms with E-state index < -0.39 is 5.54 Å². The maximum atomic E-state index is 12.1. The van der Waals surface area contributed by atoms with Crippen LogP contribution in [0.25, 0.3) is 0 Å². The van der Waals surface area contributed by atoms with Crippen LogP contribution < -0.4 is 20.3 Å². The zero-order valence-electron chi connectivity index (χ0n) is 12.4. The molecule has 20 heavy (non-hydrogen) atoms. The first-order valence-electron chi connectivity index (χ1n) is 6.71. The van der Waals surface area contributed by atoms with E-state index in [2.05, 4.69) is 20.6 Å². The van der Waals surface area contributed by atoms with Crippen molar-refractivity contribution >= 4 is 17.5 Å². The second kappa shape index (κ2) is 5.52. The van der Waals surface area contributed by atoms with Gasteiger partial charge in [-0.1, -0.05) is 0 Å². The van der Waals surface area contributed by atoms with Crippen molar-refractivity contribution in [3.63, 3.8) is 0 Å². The number of ether oxygens (including phenoxy) is 1. The molecule has 0 spiro atoms. The first-order chi connectivity index (χ1) is 9.52. The Morgan fingerprint density at radius 2 is 2.25 bits per heavy atom. The average Bonchev–Trinajstić information content (AvgIpc) is 2.42. The summed E-state index contributed by atoms with van der Waals surface area (Å²) in [6, 6.07) is 0. The van der Waals surface area contributed by atoms with Gasteiger partial charge in [0.1, 0.15) is 11.9 Å². The highest BCUT2D eigenvalue weighted by Gasteiger charge is 2.40. The second-order valence-corrected chi connectivity index (χ2v) is 5.08. The Hall–Kier alpha value is -2.05. The SMILES string of the molecule is CCNc1ncnc(N2CCNC(=O)C2(C)C)c1OC. The van der Waals surface area contributed by atoms with Crippen LogP contribution in [0.2, 0.25) is 0 Å². The molecule has 2 rings (SSSR count). The van der Waals surface area contributed by atoms with Gasteiger partial charge in [-0.15, -0.1) is 0 Å². The van der Waals surface area contributed by atoms with Crippen LogP contribution in [0.1, 0.15) is 20.8 Å². The molecule has 0 bridgehead atoms. The van der Waals surface area contributed by atoms with E-state index in [-0.39, 0.29) is 5.91 Å². The van der Waals surface area contributed by atoms with Gasteiger partial charge in [0, 0.05) is 19.6 Å². The van der Waals surface area contributed by atoms with Gasteiger partial charge in [0.25, 0.3) is 0 Å². The van der Waals surface area contributed by atoms with Gasteiger partial charge in [0.05, 0.1) is 7.11 Å². The first kappa shape index (κ1) is 14.4. The van der Waals surface area contributed by atoms with Crippen LogP contribution in [0.3, 0.4) is 0 Å². The minimum absolute atomic E-state index is 0.0191. The third kappa shape index (κ3) is 2.35. The van der Waals surface area contributed by atoms with Gasteiger partial charge < -0.3 is 20.3 Å². The summed E-state index contributed by atoms with van der Waals surface area (Å²) >= 11 is 0. The van der Waals surface area contributed by atoms with Crippen molar-refractivity contribution < 1.29 is 9.53 Å². The quantitative estimate of drug-likeness (QED) is 0.841. The van der Waals surface area contributed by atoms with Gasteiger partial charge in [-0.25, -0.2) is 9.97 Å². The molecular weight excluding hydrogens is 258 g/mol. The van der Waals surface area contributed by atoms with Gasteiger partial charge in [0.2, 0.25) is 11.7 Å². The van der Waals surface area contributed by atoms with Crippen LogP contribution >= 0.6 is 0 Å². The number of amides is 1. The van der Waals surface area contributed by atoms with Gasteiger partial charge in [-0.3, -0.25) is 4.79 Å². The lowest BCUT2D eigenvalue weighted by molar-refractivity contribution is -0.126. The first-order valence-corrected chi connectivity index (χ1v) is 6.71. The predicted octanol–water partition coefficient (Wildman–Crippen LogP) is 0.632. The minimum Gasteiger partial charge on any atom is -0.490 e. The molecule has 110 valence electrons. The Morgan fingerprint density at radius 1 is 1.50 bits per heavy atom. The summed E-state index contributed by atoms with van der Waals surface area (Å²) in [4.78, 5) is 22.5. The van der Waals surface area contributed by atoms with Crippen molar-refractivity contribution in [1.82, 2.24) is 15.3 Å². The lowest BCUT2D eigenvalue weighted by atomic mass is 9.99. The van der Waals surface area contributed by atoms with E-state index in [9.17, 15) is 4.79 Å². The van der Waals surface area contributed by atoms with Crippen LogP contribution in [0.5, 0.6) is 5.75 Å². The Balaban J connectivity index is 2.46. The maximum absolute atomic E-state index is 12.1. The molecule has 1 aliphatic heterocycles. The number of methoxy groups -OCH3 is 1. The average molecular weight is 279 g/mol. The number of nitrogens with zero attached hydrogens (tertiary/aromatic N) is 3. The van der Waals surface area contributed by atoms with Crippen molar-refractivity contribution in [3.8, 4) is 5.75 Å². The molecule has 2 N–H and O–H groups in total. The van der Waals surface area contributed by atoms with E-state index >= 15 is 0 Å². The summed E-state index contributed by atoms with van der Waals surface area (Å²) in [7, 11) is 1.58. The number of piperazine rings is 1. The second-order valence-electron chi connectivity index (χ2n) is 5.08. The Kier molecular flexibility index (Phi) is 3.96. The third-order valence-electron chi connectivity index (χ3n) is 3.44. The molecule has 1 aliphatic rings. The fraction of sp³-hybridized carbons (Fsp3) is 0.615. The van der Waals surface area contributed by atoms with Crippen LogP contribution in [-0.2, 0) is 4.79 Å². The highest BCUT2D eigenvalue weighted by Crippen LogP contribution is 2.36. The zero-order chi connectivity index (χ0) is 14.8. The molecule has 1 aromatic heterocycles. The van der Waals surface area contributed by atoms with Gasteiger partial charge in [-0.05, 0) is 20.8 Å². The standard InChI is InChI=1S/C13H21N5O2/c1-5-14-10-9(20-4)11(17-8-16-10)18-7-6-15-12(19)13(18,2)3/h8H,5-7H2,1-4H3,(H,15,19)(H,14,16,17). The summed E-state index contributed by atoms with van der Waals surface area (Å²) in [5, 5.41) is 6.01. The molecular formula is C13H21N5O2. The zero-order valence-corrected chi connectivity index (χ0v) is 12.4. The maximum Gasteiger partial charge on any atom is 0.245 e. The number of anilines is 2. The lowest BCUT2D eigenvalue weighted by Gasteiger charge is -2.42. The molecule has 0 radical (unpaired) electrons. The molecule has 7 heteroatoms. The van der Waals surface area contributed by atoms with E-state index in [0.717, 1.165) is 6.54 Å². The topological polar surface area (TPSA) is 79.4 Å². The summed E-state index contributed by atoms with van der Waals surface area (Å²) < 4.78 is 5.45. The normalized spacial score (nSPS) is 17.6. The number of aromatic nitrogens is 2. The molecule has 0 atom stereocenters. The van der Waals surface area contributed by atoms with E-state index in [4.69, 9.17) is 4.74 Å². The molecule has 0 aromatic carbocycles. The highest BCUT2D eigenvalue weighted by molar-refractivity contribution is 5.90. The van der Waals surface area contributed by atoms with Crippen LogP contribution in [0.15, 0.2) is 6.33 Å². The smallest absolute Gasteiger partial charge is 0.245 e. The third-order valence-corrected chi connectivity index (χ3v) is 3.44. The van der Waals surface area contributed by atoms with E-state index in [1.165, 1.54) is 6.33 Å². The number of hydrogen-bond donors (Lipinski definition) is 2. The number of nitrogens with one attached hydrogen (secondary N) is 2. The van der Waals surface area contributed by atoms with Crippen molar-refractivity contribution in [2.45, 2.75) is 26.3 Å². The summed E-state index contributed by atoms with van der Waals surface area (Å²) in [6.07, 6.45) is 1.48. The molecule has 0 aliphatic carbocycles. The van der Waals surface area contributed by atoms with Crippen LogP contribution in [0.4, 0.5) is 11.6 Å². The van der Waals surface area contributed by atoms with Gasteiger partial charge in [-0.2, -0.15) is 0 Å². The molecule has 0 saturated carbocycles. The number of hydrogen-bond acceptors (Lipinski definition) is 6. The Morgan fingerprint density at radius 3 is 2.90 bits per heavy atom. The molecule has 1 amide bonds. The number of carbonyl (C=O) groups is 1. The lowest BCUT2D eigenvalue weighted by Crippen LogP contribution is -2.62. The molecule has 1 fully saturated rings. The fourth-order valence-electron chi connectivity index (χ4n) is 2.31. The predicted molar refractivity (Wildman–Crippen MR) is 77.2 cm³/mol. The van der Waals surface area contributed by atoms with E-state index in [0.29, 0.717) is 30.5 Å². The van der Waals surface area contributed by atoms with Crippen molar-refractivity contribution in [3.05, 3.63) is 6.33 Å². The van der Waals surface area contributed by atoms with Gasteiger partial charge in [0.15, 0.2) is 11.6 Å². The summed E-state index contributed by atoms with van der Waals surface area (Å²) in [6.45, 7) is 7.73. The monoisotopic (exact) mass is 279 g/mol. The van der Waals surface area contributed by atoms with Crippen molar-refractivity contribution in [2.75, 3.05) is 37.0 Å². The summed E-state index contributed by atoms with van der Waals surface area (Å²) in [5.41, 5.74) is -0.677. The molecule has 7 nitrogen and oxygen atoms in total. The molecule has 2 heterocycles. The Labute approximate surface area is 118 Å². The molecule has 0 unspecified atom stereocenters. The van der Waals surface area contributed by atoms with Crippen LogP contribution in [0, 0.1) is 0 Å². The van der Waals surface area contributed by atoms with Gasteiger partial charge >= 0.3 is 0 Å². The van der Waals surface area contributed by atoms with E-state index in [1.54, 1.807) is 7.11 Å². The largest absolute Gasteiger partial charge is 0.490 e. The van der Waals surface area contributed by atoms with Crippen molar-refractivity contribution in [2.24, 2.45) is 0 Å². The number of carbonyl (C=O) groups excluding carboxylic acids is 1. The van der Waals surface area contributed by atoms with E-state index in [1.807, 2.05) is 25.7 Å². The van der Waals surface area contributed by atoms with Crippen molar-refractivity contribution in [1.29, 1.82) is 0 Å². The molecule has 1 saturated heterocycles. The molecule has 1 aromatic rings. The Bertz CT molecular complexity index is 504. The highest BCUT2D eigenvalue weighted by atomic mass is 16.5. The van der Waals surface area contributed by atoms with Crippen LogP contribution in [-0.4, -0.2) is 48.2 Å². The summed E-state index contributed by atoms with van der Waals surface area (Å²) in [5.74, 6) is 1.83.